The highest BCUT2D eigenvalue weighted by Gasteiger charge is 2.42. The van der Waals surface area contributed by atoms with E-state index in [9.17, 15) is 5.11 Å². The van der Waals surface area contributed by atoms with Crippen molar-refractivity contribution in [1.29, 1.82) is 0 Å². The van der Waals surface area contributed by atoms with E-state index in [1.54, 1.807) is 0 Å². The zero-order valence-electron chi connectivity index (χ0n) is 13.5. The van der Waals surface area contributed by atoms with E-state index in [-0.39, 0.29) is 25.5 Å². The van der Waals surface area contributed by atoms with E-state index < -0.39 is 6.10 Å². The lowest BCUT2D eigenvalue weighted by Gasteiger charge is -2.42. The van der Waals surface area contributed by atoms with Crippen molar-refractivity contribution in [3.63, 3.8) is 0 Å². The lowest BCUT2D eigenvalue weighted by atomic mass is 9.71. The maximum Gasteiger partial charge on any atom is 0.231 e. The van der Waals surface area contributed by atoms with Crippen molar-refractivity contribution in [1.82, 2.24) is 5.32 Å². The number of nitrogens with one attached hydrogen (secondary N) is 1. The van der Waals surface area contributed by atoms with Crippen molar-refractivity contribution in [2.45, 2.75) is 31.0 Å². The molecule has 0 amide bonds. The van der Waals surface area contributed by atoms with E-state index in [0.29, 0.717) is 13.0 Å². The van der Waals surface area contributed by atoms with Crippen LogP contribution in [0.25, 0.3) is 0 Å². The van der Waals surface area contributed by atoms with Gasteiger partial charge < -0.3 is 29.4 Å². The molecule has 0 bridgehead atoms. The van der Waals surface area contributed by atoms with Gasteiger partial charge in [-0.3, -0.25) is 0 Å². The van der Waals surface area contributed by atoms with Gasteiger partial charge in [-0.05, 0) is 41.3 Å². The summed E-state index contributed by atoms with van der Waals surface area (Å²) in [5, 5.41) is 14.5. The highest BCUT2D eigenvalue weighted by molar-refractivity contribution is 5.58. The third kappa shape index (κ3) is 1.81. The zero-order valence-corrected chi connectivity index (χ0v) is 13.5. The molecule has 2 N–H and O–H groups in total. The van der Waals surface area contributed by atoms with Crippen LogP contribution in [0, 0.1) is 0 Å². The summed E-state index contributed by atoms with van der Waals surface area (Å²) in [6, 6.07) is 8.13. The van der Waals surface area contributed by atoms with Crippen molar-refractivity contribution in [2.75, 3.05) is 13.6 Å². The number of rotatable bonds is 0. The van der Waals surface area contributed by atoms with Crippen molar-refractivity contribution in [2.24, 2.45) is 0 Å². The van der Waals surface area contributed by atoms with Crippen LogP contribution in [-0.2, 0) is 13.0 Å². The summed E-state index contributed by atoms with van der Waals surface area (Å²) >= 11 is 0. The van der Waals surface area contributed by atoms with Crippen molar-refractivity contribution in [3.8, 4) is 23.0 Å². The third-order valence-corrected chi connectivity index (χ3v) is 5.71. The molecule has 0 saturated heterocycles. The fourth-order valence-corrected chi connectivity index (χ4v) is 4.61. The first-order valence-electron chi connectivity index (χ1n) is 8.55. The second-order valence-electron chi connectivity index (χ2n) is 6.93. The molecule has 3 heterocycles. The SMILES string of the molecule is O[C@@H]1Cc2cc3c(cc2[C@@H]2NCc4c(ccc5c4OCO5)[C@H]12)OCO3. The first-order chi connectivity index (χ1) is 12.3. The summed E-state index contributed by atoms with van der Waals surface area (Å²) < 4.78 is 22.2. The fourth-order valence-electron chi connectivity index (χ4n) is 4.61. The molecule has 0 aromatic heterocycles. The largest absolute Gasteiger partial charge is 0.454 e. The van der Waals surface area contributed by atoms with Crippen molar-refractivity contribution < 1.29 is 24.1 Å². The zero-order chi connectivity index (χ0) is 16.5. The topological polar surface area (TPSA) is 69.2 Å². The Morgan fingerprint density at radius 1 is 0.920 bits per heavy atom. The number of hydrogen-bond donors (Lipinski definition) is 2. The van der Waals surface area contributed by atoms with Gasteiger partial charge in [-0.2, -0.15) is 0 Å². The molecule has 128 valence electrons. The molecular formula is C19H17NO5. The second kappa shape index (κ2) is 4.80. The van der Waals surface area contributed by atoms with Crippen LogP contribution in [0.15, 0.2) is 24.3 Å². The summed E-state index contributed by atoms with van der Waals surface area (Å²) in [6.07, 6.45) is 0.132. The Morgan fingerprint density at radius 2 is 1.72 bits per heavy atom. The molecule has 6 heteroatoms. The van der Waals surface area contributed by atoms with Crippen LogP contribution in [0.2, 0.25) is 0 Å². The van der Waals surface area contributed by atoms with Crippen molar-refractivity contribution in [3.05, 3.63) is 46.5 Å². The van der Waals surface area contributed by atoms with Crippen LogP contribution in [0.1, 0.15) is 34.2 Å². The minimum atomic E-state index is -0.468. The molecule has 2 aromatic carbocycles. The molecular weight excluding hydrogens is 322 g/mol. The normalized spacial score (nSPS) is 27.5. The Kier molecular flexibility index (Phi) is 2.65. The molecule has 0 unspecified atom stereocenters. The van der Waals surface area contributed by atoms with Gasteiger partial charge in [0.2, 0.25) is 13.6 Å². The molecule has 25 heavy (non-hydrogen) atoms. The van der Waals surface area contributed by atoms with Crippen molar-refractivity contribution >= 4 is 0 Å². The summed E-state index contributed by atoms with van der Waals surface area (Å²) in [6.45, 7) is 1.20. The smallest absolute Gasteiger partial charge is 0.231 e. The van der Waals surface area contributed by atoms with E-state index in [4.69, 9.17) is 18.9 Å². The van der Waals surface area contributed by atoms with Gasteiger partial charge in [0.05, 0.1) is 6.10 Å². The van der Waals surface area contributed by atoms with E-state index in [0.717, 1.165) is 39.7 Å². The predicted octanol–water partition coefficient (Wildman–Crippen LogP) is 1.99. The van der Waals surface area contributed by atoms with E-state index >= 15 is 0 Å². The van der Waals surface area contributed by atoms with Gasteiger partial charge in [0.15, 0.2) is 23.0 Å². The Balaban J connectivity index is 1.50. The molecule has 0 spiro atoms. The molecule has 4 aliphatic rings. The first-order valence-corrected chi connectivity index (χ1v) is 8.55. The quantitative estimate of drug-likeness (QED) is 0.765. The number of aliphatic hydroxyl groups is 1. The lowest BCUT2D eigenvalue weighted by Crippen LogP contribution is -2.42. The highest BCUT2D eigenvalue weighted by Crippen LogP contribution is 2.51. The number of benzene rings is 2. The van der Waals surface area contributed by atoms with Gasteiger partial charge in [-0.25, -0.2) is 0 Å². The van der Waals surface area contributed by atoms with Gasteiger partial charge in [-0.1, -0.05) is 6.07 Å². The third-order valence-electron chi connectivity index (χ3n) is 5.71. The molecule has 6 rings (SSSR count). The van der Waals surface area contributed by atoms with Crippen LogP contribution in [-0.4, -0.2) is 24.8 Å². The van der Waals surface area contributed by atoms with Gasteiger partial charge in [0.1, 0.15) is 0 Å². The number of aliphatic hydroxyl groups excluding tert-OH is 1. The average molecular weight is 339 g/mol. The van der Waals surface area contributed by atoms with E-state index in [2.05, 4.69) is 17.4 Å². The molecule has 3 atom stereocenters. The molecule has 2 aromatic rings. The average Bonchev–Trinajstić information content (AvgIpc) is 3.28. The van der Waals surface area contributed by atoms with E-state index in [1.165, 1.54) is 5.56 Å². The Labute approximate surface area is 144 Å². The first kappa shape index (κ1) is 13.8. The summed E-state index contributed by atoms with van der Waals surface area (Å²) in [5.41, 5.74) is 4.54. The monoisotopic (exact) mass is 339 g/mol. The summed E-state index contributed by atoms with van der Waals surface area (Å²) in [4.78, 5) is 0. The summed E-state index contributed by atoms with van der Waals surface area (Å²) in [5.74, 6) is 3.13. The van der Waals surface area contributed by atoms with Crippen LogP contribution < -0.4 is 24.3 Å². The van der Waals surface area contributed by atoms with Gasteiger partial charge >= 0.3 is 0 Å². The van der Waals surface area contributed by atoms with Gasteiger partial charge in [-0.15, -0.1) is 0 Å². The van der Waals surface area contributed by atoms with Crippen LogP contribution in [0.4, 0.5) is 0 Å². The number of ether oxygens (including phenoxy) is 4. The second-order valence-corrected chi connectivity index (χ2v) is 6.93. The Morgan fingerprint density at radius 3 is 2.64 bits per heavy atom. The van der Waals surface area contributed by atoms with E-state index in [1.807, 2.05) is 12.1 Å². The summed E-state index contributed by atoms with van der Waals surface area (Å²) in [7, 11) is 0. The number of fused-ring (bicyclic) bond motifs is 8. The van der Waals surface area contributed by atoms with Crippen LogP contribution >= 0.6 is 0 Å². The van der Waals surface area contributed by atoms with Crippen LogP contribution in [0.5, 0.6) is 23.0 Å². The van der Waals surface area contributed by atoms with Gasteiger partial charge in [0.25, 0.3) is 0 Å². The van der Waals surface area contributed by atoms with Crippen LogP contribution in [0.3, 0.4) is 0 Å². The Bertz CT molecular complexity index is 896. The fraction of sp³-hybridized carbons (Fsp3) is 0.368. The lowest BCUT2D eigenvalue weighted by molar-refractivity contribution is 0.107. The molecule has 6 nitrogen and oxygen atoms in total. The molecule has 1 aliphatic carbocycles. The number of hydrogen-bond acceptors (Lipinski definition) is 6. The predicted molar refractivity (Wildman–Crippen MR) is 87.2 cm³/mol. The minimum Gasteiger partial charge on any atom is -0.454 e. The molecule has 0 saturated carbocycles. The molecule has 0 radical (unpaired) electrons. The Hall–Kier alpha value is -2.44. The maximum atomic E-state index is 10.9. The minimum absolute atomic E-state index is 0.0221. The van der Waals surface area contributed by atoms with Gasteiger partial charge in [0, 0.05) is 24.1 Å². The molecule has 3 aliphatic heterocycles. The molecule has 0 fully saturated rings. The standard InChI is InChI=1S/C19H17NO5/c21-13-3-9-4-15-16(24-7-23-15)5-11(9)18-17(13)10-1-2-14-19(25-8-22-14)12(10)6-20-18/h1-2,4-5,13,17-18,20-21H,3,6-8H2/t13-,17-,18+/m1/s1. The highest BCUT2D eigenvalue weighted by atomic mass is 16.7. The maximum absolute atomic E-state index is 10.9.